The third-order valence-corrected chi connectivity index (χ3v) is 9.51. The Labute approximate surface area is 304 Å². The number of nitrogens with one attached hydrogen (secondary N) is 1. The highest BCUT2D eigenvalue weighted by Crippen LogP contribution is 2.44. The Bertz CT molecular complexity index is 1920. The van der Waals surface area contributed by atoms with Crippen LogP contribution in [-0.2, 0) is 35.8 Å². The van der Waals surface area contributed by atoms with Gasteiger partial charge in [-0.3, -0.25) is 19.2 Å². The first-order chi connectivity index (χ1) is 24.8. The van der Waals surface area contributed by atoms with Crippen LogP contribution in [0.4, 0.5) is 4.79 Å². The van der Waals surface area contributed by atoms with Gasteiger partial charge in [0.15, 0.2) is 0 Å². The van der Waals surface area contributed by atoms with E-state index in [-0.39, 0.29) is 31.8 Å². The number of hydrogen-bond acceptors (Lipinski definition) is 7. The maximum atomic E-state index is 14.8. The SMILES string of the molecule is Cc1ccccc1C[C@H](NC(=O)[C@@H](N)CCC(=O)O)C(=O)N(C(=O)OCC1c2ccccc2-c2ccccc21)[C@H]([C]=O)c1ccccc1C(C)(C)C. The van der Waals surface area contributed by atoms with Gasteiger partial charge in [-0.2, -0.15) is 0 Å². The van der Waals surface area contributed by atoms with Gasteiger partial charge in [-0.15, -0.1) is 0 Å². The predicted molar refractivity (Wildman–Crippen MR) is 197 cm³/mol. The molecular weight excluding hydrogens is 658 g/mol. The van der Waals surface area contributed by atoms with Crippen LogP contribution in [0.15, 0.2) is 97.1 Å². The Morgan fingerprint density at radius 3 is 2.06 bits per heavy atom. The van der Waals surface area contributed by atoms with Crippen molar-refractivity contribution in [1.29, 1.82) is 0 Å². The number of nitrogens with zero attached hydrogens (tertiary/aromatic N) is 1. The van der Waals surface area contributed by atoms with Gasteiger partial charge in [0.25, 0.3) is 5.91 Å². The molecule has 269 valence electrons. The lowest BCUT2D eigenvalue weighted by Crippen LogP contribution is -2.56. The average molecular weight is 703 g/mol. The molecule has 0 heterocycles. The summed E-state index contributed by atoms with van der Waals surface area (Å²) in [5.41, 5.74) is 12.2. The minimum atomic E-state index is -1.53. The van der Waals surface area contributed by atoms with Crippen LogP contribution in [0, 0.1) is 6.92 Å². The van der Waals surface area contributed by atoms with Crippen LogP contribution < -0.4 is 11.1 Å². The van der Waals surface area contributed by atoms with E-state index < -0.39 is 47.4 Å². The fraction of sp³-hybridized carbons (Fsp3) is 0.310. The summed E-state index contributed by atoms with van der Waals surface area (Å²) in [7, 11) is 0. The van der Waals surface area contributed by atoms with E-state index in [1.54, 1.807) is 24.3 Å². The molecule has 0 aliphatic heterocycles. The fourth-order valence-electron chi connectivity index (χ4n) is 6.78. The minimum absolute atomic E-state index is 0.0530. The first-order valence-electron chi connectivity index (χ1n) is 17.3. The normalized spacial score (nSPS) is 13.9. The largest absolute Gasteiger partial charge is 0.481 e. The van der Waals surface area contributed by atoms with E-state index in [0.717, 1.165) is 32.7 Å². The maximum absolute atomic E-state index is 14.8. The summed E-state index contributed by atoms with van der Waals surface area (Å²) in [5.74, 6) is -3.14. The molecule has 1 aliphatic carbocycles. The zero-order chi connectivity index (χ0) is 37.6. The van der Waals surface area contributed by atoms with E-state index in [9.17, 15) is 24.0 Å². The molecule has 1 aliphatic rings. The fourth-order valence-corrected chi connectivity index (χ4v) is 6.78. The van der Waals surface area contributed by atoms with E-state index in [0.29, 0.717) is 16.7 Å². The summed E-state index contributed by atoms with van der Waals surface area (Å²) >= 11 is 0. The number of benzene rings is 4. The third kappa shape index (κ3) is 8.29. The van der Waals surface area contributed by atoms with Crippen LogP contribution in [0.5, 0.6) is 0 Å². The third-order valence-electron chi connectivity index (χ3n) is 9.51. The van der Waals surface area contributed by atoms with Crippen LogP contribution in [0.3, 0.4) is 0 Å². The highest BCUT2D eigenvalue weighted by molar-refractivity contribution is 6.00. The maximum Gasteiger partial charge on any atom is 0.417 e. The van der Waals surface area contributed by atoms with Crippen LogP contribution in [0.1, 0.15) is 79.0 Å². The molecule has 3 atom stereocenters. The Morgan fingerprint density at radius 2 is 1.46 bits per heavy atom. The number of carboxylic acids is 1. The Morgan fingerprint density at radius 1 is 0.885 bits per heavy atom. The number of carbonyl (C=O) groups is 4. The summed E-state index contributed by atoms with van der Waals surface area (Å²) in [6.45, 7) is 7.58. The monoisotopic (exact) mass is 702 g/mol. The van der Waals surface area contributed by atoms with Gasteiger partial charge in [0.2, 0.25) is 12.2 Å². The molecule has 0 aromatic heterocycles. The van der Waals surface area contributed by atoms with Gasteiger partial charge >= 0.3 is 12.1 Å². The molecule has 5 rings (SSSR count). The number of carbonyl (C=O) groups excluding carboxylic acids is 4. The Kier molecular flexibility index (Phi) is 11.7. The van der Waals surface area contributed by atoms with E-state index >= 15 is 0 Å². The van der Waals surface area contributed by atoms with Crippen molar-refractivity contribution in [1.82, 2.24) is 10.2 Å². The standard InChI is InChI=1S/C42H44N3O7/c1-26-13-5-6-14-27(26)23-36(44-39(49)35(43)21-22-38(47)48)40(50)45(37(24-46)32-19-11-12-20-34(32)42(2,3)4)41(51)52-25-33-30-17-9-7-15-28(30)29-16-8-10-18-31(29)33/h5-20,33,35-37H,21-23,25,43H2,1-4H3,(H,44,49)(H,47,48)/t35-,36-,37+/m0/s1. The Balaban J connectivity index is 1.55. The molecule has 0 saturated carbocycles. The second-order valence-corrected chi connectivity index (χ2v) is 14.1. The van der Waals surface area contributed by atoms with E-state index in [2.05, 4.69) is 5.32 Å². The number of nitrogens with two attached hydrogens (primary N) is 1. The zero-order valence-electron chi connectivity index (χ0n) is 29.8. The molecule has 3 amide bonds. The number of fused-ring (bicyclic) bond motifs is 3. The lowest BCUT2D eigenvalue weighted by atomic mass is 9.81. The van der Waals surface area contributed by atoms with E-state index in [1.807, 2.05) is 107 Å². The average Bonchev–Trinajstić information content (AvgIpc) is 3.45. The van der Waals surface area contributed by atoms with Crippen molar-refractivity contribution in [3.8, 4) is 11.1 Å². The lowest BCUT2D eigenvalue weighted by Gasteiger charge is -2.33. The molecule has 0 saturated heterocycles. The predicted octanol–water partition coefficient (Wildman–Crippen LogP) is 6.14. The van der Waals surface area contributed by atoms with Gasteiger partial charge in [-0.25, -0.2) is 9.69 Å². The molecule has 52 heavy (non-hydrogen) atoms. The van der Waals surface area contributed by atoms with Crippen molar-refractivity contribution in [2.45, 2.75) is 76.4 Å². The van der Waals surface area contributed by atoms with Gasteiger partial charge in [0.1, 0.15) is 18.7 Å². The minimum Gasteiger partial charge on any atom is -0.481 e. The summed E-state index contributed by atoms with van der Waals surface area (Å²) in [5, 5.41) is 11.8. The molecule has 4 aromatic carbocycles. The van der Waals surface area contributed by atoms with Crippen LogP contribution in [0.2, 0.25) is 0 Å². The molecular formula is C42H44N3O7. The van der Waals surface area contributed by atoms with Crippen LogP contribution in [0.25, 0.3) is 11.1 Å². The van der Waals surface area contributed by atoms with Gasteiger partial charge in [-0.05, 0) is 63.3 Å². The first-order valence-corrected chi connectivity index (χ1v) is 17.3. The van der Waals surface area contributed by atoms with Crippen molar-refractivity contribution < 1.29 is 33.8 Å². The van der Waals surface area contributed by atoms with Crippen molar-refractivity contribution >= 4 is 30.2 Å². The van der Waals surface area contributed by atoms with E-state index in [4.69, 9.17) is 15.6 Å². The number of aliphatic carboxylic acids is 1. The lowest BCUT2D eigenvalue weighted by molar-refractivity contribution is -0.138. The molecule has 0 fully saturated rings. The number of carboxylic acid groups (broad SMARTS) is 1. The molecule has 0 unspecified atom stereocenters. The smallest absolute Gasteiger partial charge is 0.417 e. The number of ether oxygens (including phenoxy) is 1. The van der Waals surface area contributed by atoms with Crippen molar-refractivity contribution in [2.75, 3.05) is 6.61 Å². The number of imide groups is 1. The molecule has 4 aromatic rings. The second-order valence-electron chi connectivity index (χ2n) is 14.1. The molecule has 0 bridgehead atoms. The highest BCUT2D eigenvalue weighted by Gasteiger charge is 2.41. The van der Waals surface area contributed by atoms with Gasteiger partial charge in [0.05, 0.1) is 6.04 Å². The topological polar surface area (TPSA) is 156 Å². The second kappa shape index (κ2) is 16.2. The van der Waals surface area contributed by atoms with Gasteiger partial charge in [-0.1, -0.05) is 118 Å². The number of amides is 3. The molecule has 4 N–H and O–H groups in total. The van der Waals surface area contributed by atoms with Crippen LogP contribution in [-0.4, -0.2) is 58.9 Å². The summed E-state index contributed by atoms with van der Waals surface area (Å²) in [4.78, 5) is 67.6. The van der Waals surface area contributed by atoms with Crippen molar-refractivity contribution in [2.24, 2.45) is 5.73 Å². The number of aryl methyl sites for hydroxylation is 1. The number of hydrogen-bond donors (Lipinski definition) is 3. The molecule has 1 radical (unpaired) electrons. The number of rotatable bonds is 13. The van der Waals surface area contributed by atoms with Crippen molar-refractivity contribution in [3.05, 3.63) is 130 Å². The first kappa shape index (κ1) is 37.6. The van der Waals surface area contributed by atoms with Crippen LogP contribution >= 0.6 is 0 Å². The molecule has 10 heteroatoms. The highest BCUT2D eigenvalue weighted by atomic mass is 16.6. The molecule has 10 nitrogen and oxygen atoms in total. The summed E-state index contributed by atoms with van der Waals surface area (Å²) < 4.78 is 5.98. The summed E-state index contributed by atoms with van der Waals surface area (Å²) in [6, 6.07) is 25.8. The van der Waals surface area contributed by atoms with Gasteiger partial charge in [0, 0.05) is 18.8 Å². The zero-order valence-corrected chi connectivity index (χ0v) is 29.8. The van der Waals surface area contributed by atoms with E-state index in [1.165, 1.54) is 0 Å². The van der Waals surface area contributed by atoms with Crippen molar-refractivity contribution in [3.63, 3.8) is 0 Å². The summed E-state index contributed by atoms with van der Waals surface area (Å²) in [6.07, 6.45) is 0.276. The quantitative estimate of drug-likeness (QED) is 0.150. The van der Waals surface area contributed by atoms with Gasteiger partial charge < -0.3 is 20.9 Å². The Hall–Kier alpha value is -5.61. The molecule has 0 spiro atoms.